The van der Waals surface area contributed by atoms with Crippen molar-refractivity contribution in [3.63, 3.8) is 0 Å². The number of carboxylic acids is 1. The van der Waals surface area contributed by atoms with Crippen LogP contribution in [-0.4, -0.2) is 37.7 Å². The van der Waals surface area contributed by atoms with E-state index in [0.29, 0.717) is 12.8 Å². The van der Waals surface area contributed by atoms with Gasteiger partial charge in [0, 0.05) is 25.7 Å². The number of piperidine rings is 1. The van der Waals surface area contributed by atoms with Crippen LogP contribution in [0.2, 0.25) is 0 Å². The van der Waals surface area contributed by atoms with Gasteiger partial charge in [0.25, 0.3) is 0 Å². The largest absolute Gasteiger partial charge is 0.481 e. The van der Waals surface area contributed by atoms with Gasteiger partial charge in [-0.05, 0) is 26.3 Å². The maximum atomic E-state index is 12.1. The monoisotopic (exact) mass is 265 g/mol. The number of hydrogen-bond donors (Lipinski definition) is 1. The van der Waals surface area contributed by atoms with E-state index in [1.165, 1.54) is 0 Å². The third-order valence-electron chi connectivity index (χ3n) is 3.67. The summed E-state index contributed by atoms with van der Waals surface area (Å²) in [5.41, 5.74) is 0.772. The van der Waals surface area contributed by atoms with Gasteiger partial charge in [-0.25, -0.2) is 0 Å². The molecule has 1 aliphatic rings. The number of hydrogen-bond acceptors (Lipinski definition) is 3. The highest BCUT2D eigenvalue weighted by Crippen LogP contribution is 2.37. The fourth-order valence-corrected chi connectivity index (χ4v) is 2.81. The van der Waals surface area contributed by atoms with Crippen molar-refractivity contribution in [2.24, 2.45) is 13.0 Å². The number of nitrogens with zero attached hydrogens (tertiary/aromatic N) is 3. The zero-order chi connectivity index (χ0) is 14.2. The van der Waals surface area contributed by atoms with Gasteiger partial charge in [-0.2, -0.15) is 5.10 Å². The number of likely N-dealkylation sites (tertiary alicyclic amines) is 1. The van der Waals surface area contributed by atoms with Crippen molar-refractivity contribution < 1.29 is 14.7 Å². The van der Waals surface area contributed by atoms with Gasteiger partial charge in [0.05, 0.1) is 17.7 Å². The molecule has 1 aliphatic heterocycles. The lowest BCUT2D eigenvalue weighted by Gasteiger charge is -2.41. The maximum absolute atomic E-state index is 12.1. The van der Waals surface area contributed by atoms with Crippen LogP contribution in [0.4, 0.5) is 0 Å². The fourth-order valence-electron chi connectivity index (χ4n) is 2.81. The zero-order valence-electron chi connectivity index (χ0n) is 11.4. The third kappa shape index (κ3) is 2.34. The molecule has 1 saturated heterocycles. The molecule has 19 heavy (non-hydrogen) atoms. The van der Waals surface area contributed by atoms with Gasteiger partial charge < -0.3 is 10.0 Å². The van der Waals surface area contributed by atoms with Crippen LogP contribution in [0.25, 0.3) is 0 Å². The Morgan fingerprint density at radius 2 is 2.21 bits per heavy atom. The molecule has 0 radical (unpaired) electrons. The minimum absolute atomic E-state index is 0.0127. The second kappa shape index (κ2) is 5.03. The van der Waals surface area contributed by atoms with Crippen LogP contribution in [0.5, 0.6) is 0 Å². The second-order valence-corrected chi connectivity index (χ2v) is 5.20. The summed E-state index contributed by atoms with van der Waals surface area (Å²) >= 11 is 0. The lowest BCUT2D eigenvalue weighted by Crippen LogP contribution is -2.49. The van der Waals surface area contributed by atoms with E-state index in [-0.39, 0.29) is 11.9 Å². The first-order chi connectivity index (χ1) is 8.93. The second-order valence-electron chi connectivity index (χ2n) is 5.20. The van der Waals surface area contributed by atoms with E-state index in [4.69, 9.17) is 0 Å². The average molecular weight is 265 g/mol. The van der Waals surface area contributed by atoms with Crippen LogP contribution in [0.1, 0.15) is 38.4 Å². The summed E-state index contributed by atoms with van der Waals surface area (Å²) < 4.78 is 1.65. The van der Waals surface area contributed by atoms with Crippen LogP contribution in [0.15, 0.2) is 12.3 Å². The van der Waals surface area contributed by atoms with Gasteiger partial charge in [-0.1, -0.05) is 0 Å². The highest BCUT2D eigenvalue weighted by molar-refractivity contribution is 5.81. The van der Waals surface area contributed by atoms with E-state index < -0.39 is 17.9 Å². The SMILES string of the molecule is CC(C)N1C(=O)CCC(C(=O)O)C1c1ccnn1C. The molecule has 1 aromatic heterocycles. The van der Waals surface area contributed by atoms with Gasteiger partial charge in [-0.15, -0.1) is 0 Å². The van der Waals surface area contributed by atoms with Crippen LogP contribution in [0.3, 0.4) is 0 Å². The molecule has 2 rings (SSSR count). The lowest BCUT2D eigenvalue weighted by atomic mass is 9.85. The summed E-state index contributed by atoms with van der Waals surface area (Å²) in [6.45, 7) is 3.82. The topological polar surface area (TPSA) is 75.4 Å². The number of aliphatic carboxylic acids is 1. The quantitative estimate of drug-likeness (QED) is 0.890. The van der Waals surface area contributed by atoms with Gasteiger partial charge >= 0.3 is 5.97 Å². The molecule has 1 amide bonds. The van der Waals surface area contributed by atoms with Crippen molar-refractivity contribution in [1.82, 2.24) is 14.7 Å². The van der Waals surface area contributed by atoms with Crippen molar-refractivity contribution in [2.75, 3.05) is 0 Å². The number of aromatic nitrogens is 2. The maximum Gasteiger partial charge on any atom is 0.309 e. The van der Waals surface area contributed by atoms with Crippen molar-refractivity contribution in [3.05, 3.63) is 18.0 Å². The molecular weight excluding hydrogens is 246 g/mol. The third-order valence-corrected chi connectivity index (χ3v) is 3.67. The first-order valence-corrected chi connectivity index (χ1v) is 6.45. The minimum Gasteiger partial charge on any atom is -0.481 e. The van der Waals surface area contributed by atoms with Gasteiger partial charge in [0.15, 0.2) is 0 Å². The molecule has 104 valence electrons. The Hall–Kier alpha value is -1.85. The highest BCUT2D eigenvalue weighted by atomic mass is 16.4. The molecule has 2 atom stereocenters. The summed E-state index contributed by atoms with van der Waals surface area (Å²) in [6, 6.07) is 1.31. The van der Waals surface area contributed by atoms with Gasteiger partial charge in [0.2, 0.25) is 5.91 Å². The lowest BCUT2D eigenvalue weighted by molar-refractivity contribution is -0.153. The van der Waals surface area contributed by atoms with Crippen molar-refractivity contribution in [1.29, 1.82) is 0 Å². The normalized spacial score (nSPS) is 24.0. The molecule has 2 heterocycles. The standard InChI is InChI=1S/C13H19N3O3/c1-8(2)16-11(17)5-4-9(13(18)19)12(16)10-6-7-14-15(10)3/h6-9,12H,4-5H2,1-3H3,(H,18,19). The summed E-state index contributed by atoms with van der Waals surface area (Å²) in [4.78, 5) is 25.3. The van der Waals surface area contributed by atoms with Crippen LogP contribution >= 0.6 is 0 Å². The molecule has 0 aliphatic carbocycles. The van der Waals surface area contributed by atoms with Crippen LogP contribution < -0.4 is 0 Å². The van der Waals surface area contributed by atoms with E-state index in [2.05, 4.69) is 5.10 Å². The summed E-state index contributed by atoms with van der Waals surface area (Å²) in [5, 5.41) is 13.5. The molecule has 0 aromatic carbocycles. The summed E-state index contributed by atoms with van der Waals surface area (Å²) in [7, 11) is 1.77. The predicted octanol–water partition coefficient (Wildman–Crippen LogP) is 1.19. The Kier molecular flexibility index (Phi) is 3.59. The summed E-state index contributed by atoms with van der Waals surface area (Å²) in [5.74, 6) is -1.42. The Morgan fingerprint density at radius 1 is 1.53 bits per heavy atom. The van der Waals surface area contributed by atoms with Crippen LogP contribution in [-0.2, 0) is 16.6 Å². The summed E-state index contributed by atoms with van der Waals surface area (Å²) in [6.07, 6.45) is 2.31. The zero-order valence-corrected chi connectivity index (χ0v) is 11.4. The minimum atomic E-state index is -0.857. The van der Waals surface area contributed by atoms with Gasteiger partial charge in [0.1, 0.15) is 0 Å². The Labute approximate surface area is 112 Å². The molecule has 2 unspecified atom stereocenters. The number of carboxylic acid groups (broad SMARTS) is 1. The van der Waals surface area contributed by atoms with Crippen molar-refractivity contribution in [3.8, 4) is 0 Å². The molecular formula is C13H19N3O3. The number of carbonyl (C=O) groups is 2. The Bertz CT molecular complexity index is 495. The molecule has 0 bridgehead atoms. The molecule has 1 N–H and O–H groups in total. The number of rotatable bonds is 3. The van der Waals surface area contributed by atoms with E-state index in [0.717, 1.165) is 5.69 Å². The number of aryl methyl sites for hydroxylation is 1. The highest BCUT2D eigenvalue weighted by Gasteiger charge is 2.42. The molecule has 6 heteroatoms. The molecule has 1 fully saturated rings. The molecule has 0 spiro atoms. The van der Waals surface area contributed by atoms with Crippen molar-refractivity contribution in [2.45, 2.75) is 38.8 Å². The first-order valence-electron chi connectivity index (χ1n) is 6.45. The van der Waals surface area contributed by atoms with Crippen LogP contribution in [0, 0.1) is 5.92 Å². The Balaban J connectivity index is 2.47. The van der Waals surface area contributed by atoms with E-state index in [9.17, 15) is 14.7 Å². The van der Waals surface area contributed by atoms with Crippen molar-refractivity contribution >= 4 is 11.9 Å². The fraction of sp³-hybridized carbons (Fsp3) is 0.615. The smallest absolute Gasteiger partial charge is 0.309 e. The predicted molar refractivity (Wildman–Crippen MR) is 68.3 cm³/mol. The molecule has 0 saturated carbocycles. The molecule has 6 nitrogen and oxygen atoms in total. The average Bonchev–Trinajstić information content (AvgIpc) is 2.73. The van der Waals surface area contributed by atoms with E-state index in [1.807, 2.05) is 13.8 Å². The number of carbonyl (C=O) groups excluding carboxylic acids is 1. The van der Waals surface area contributed by atoms with Gasteiger partial charge in [-0.3, -0.25) is 14.3 Å². The number of amides is 1. The van der Waals surface area contributed by atoms with E-state index >= 15 is 0 Å². The Morgan fingerprint density at radius 3 is 2.68 bits per heavy atom. The van der Waals surface area contributed by atoms with E-state index in [1.54, 1.807) is 28.9 Å². The molecule has 1 aromatic rings. The first kappa shape index (κ1) is 13.6.